The van der Waals surface area contributed by atoms with Crippen molar-refractivity contribution in [2.24, 2.45) is 0 Å². The molecule has 1 unspecified atom stereocenters. The van der Waals surface area contributed by atoms with E-state index in [4.69, 9.17) is 0 Å². The average molecular weight is 335 g/mol. The third-order valence-corrected chi connectivity index (χ3v) is 4.11. The highest BCUT2D eigenvalue weighted by Gasteiger charge is 2.18. The number of anilines is 1. The first-order valence-corrected chi connectivity index (χ1v) is 7.53. The van der Waals surface area contributed by atoms with Crippen LogP contribution in [0, 0.1) is 5.82 Å². The van der Waals surface area contributed by atoms with E-state index in [9.17, 15) is 4.39 Å². The molecule has 0 aromatic heterocycles. The Kier molecular flexibility index (Phi) is 4.03. The number of rotatable bonds is 2. The second-order valence-corrected chi connectivity index (χ2v) is 5.90. The summed E-state index contributed by atoms with van der Waals surface area (Å²) in [6, 6.07) is 13.6. The highest BCUT2D eigenvalue weighted by atomic mass is 79.9. The summed E-state index contributed by atoms with van der Waals surface area (Å²) in [5.74, 6) is -0.228. The molecular weight excluding hydrogens is 319 g/mol. The predicted molar refractivity (Wildman–Crippen MR) is 83.2 cm³/mol. The summed E-state index contributed by atoms with van der Waals surface area (Å²) >= 11 is 3.28. The van der Waals surface area contributed by atoms with Gasteiger partial charge in [-0.05, 0) is 42.3 Å². The molecule has 0 saturated carbocycles. The van der Waals surface area contributed by atoms with Crippen LogP contribution in [0.4, 0.5) is 10.1 Å². The summed E-state index contributed by atoms with van der Waals surface area (Å²) in [5.41, 5.74) is 3.08. The van der Waals surface area contributed by atoms with Gasteiger partial charge in [-0.25, -0.2) is 4.39 Å². The molecule has 3 rings (SSSR count). The first kappa shape index (κ1) is 13.6. The minimum Gasteiger partial charge on any atom is -0.376 e. The van der Waals surface area contributed by atoms with Gasteiger partial charge in [0.1, 0.15) is 5.82 Å². The number of nitrogens with one attached hydrogen (secondary N) is 2. The van der Waals surface area contributed by atoms with Crippen LogP contribution in [0.15, 0.2) is 46.9 Å². The zero-order chi connectivity index (χ0) is 13.9. The van der Waals surface area contributed by atoms with Gasteiger partial charge < -0.3 is 10.6 Å². The molecule has 2 aromatic rings. The van der Waals surface area contributed by atoms with Gasteiger partial charge in [0.2, 0.25) is 0 Å². The molecule has 4 heteroatoms. The zero-order valence-electron chi connectivity index (χ0n) is 11.0. The topological polar surface area (TPSA) is 24.1 Å². The molecule has 104 valence electrons. The molecule has 2 aromatic carbocycles. The average Bonchev–Trinajstić information content (AvgIpc) is 2.65. The largest absolute Gasteiger partial charge is 0.376 e. The molecule has 0 spiro atoms. The van der Waals surface area contributed by atoms with Crippen molar-refractivity contribution in [2.75, 3.05) is 11.9 Å². The normalized spacial score (nSPS) is 18.2. The number of halogens is 2. The summed E-state index contributed by atoms with van der Waals surface area (Å²) in [6.45, 7) is 1.79. The van der Waals surface area contributed by atoms with E-state index in [1.54, 1.807) is 6.07 Å². The molecule has 2 N–H and O–H groups in total. The Bertz CT molecular complexity index is 615. The van der Waals surface area contributed by atoms with Crippen LogP contribution >= 0.6 is 15.9 Å². The van der Waals surface area contributed by atoms with E-state index in [1.165, 1.54) is 17.2 Å². The lowest BCUT2D eigenvalue weighted by molar-refractivity contribution is 0.611. The zero-order valence-corrected chi connectivity index (χ0v) is 12.6. The maximum atomic E-state index is 14.0. The molecule has 0 bridgehead atoms. The van der Waals surface area contributed by atoms with Gasteiger partial charge in [0, 0.05) is 11.0 Å². The van der Waals surface area contributed by atoms with Gasteiger partial charge in [-0.1, -0.05) is 40.2 Å². The molecule has 0 fully saturated rings. The summed E-state index contributed by atoms with van der Waals surface area (Å²) in [7, 11) is 0. The Morgan fingerprint density at radius 2 is 2.05 bits per heavy atom. The van der Waals surface area contributed by atoms with Gasteiger partial charge in [0.25, 0.3) is 0 Å². The maximum Gasteiger partial charge on any atom is 0.147 e. The van der Waals surface area contributed by atoms with Crippen LogP contribution in [0.3, 0.4) is 0 Å². The molecule has 0 aliphatic carbocycles. The fourth-order valence-corrected chi connectivity index (χ4v) is 2.94. The molecule has 2 nitrogen and oxygen atoms in total. The lowest BCUT2D eigenvalue weighted by Crippen LogP contribution is -2.15. The molecule has 1 aliphatic rings. The van der Waals surface area contributed by atoms with E-state index in [0.717, 1.165) is 24.0 Å². The SMILES string of the molecule is Fc1cc(Br)ccc1NC1CCNCc2ccccc21. The van der Waals surface area contributed by atoms with E-state index in [0.29, 0.717) is 5.69 Å². The van der Waals surface area contributed by atoms with E-state index in [-0.39, 0.29) is 11.9 Å². The van der Waals surface area contributed by atoms with Crippen LogP contribution in [-0.4, -0.2) is 6.54 Å². The van der Waals surface area contributed by atoms with Crippen LogP contribution in [0.25, 0.3) is 0 Å². The molecule has 0 radical (unpaired) electrons. The second-order valence-electron chi connectivity index (χ2n) is 4.99. The number of hydrogen-bond donors (Lipinski definition) is 2. The summed E-state index contributed by atoms with van der Waals surface area (Å²) in [4.78, 5) is 0. The Balaban J connectivity index is 1.90. The first-order valence-electron chi connectivity index (χ1n) is 6.74. The Labute approximate surface area is 126 Å². The smallest absolute Gasteiger partial charge is 0.147 e. The summed E-state index contributed by atoms with van der Waals surface area (Å²) in [5, 5.41) is 6.74. The van der Waals surface area contributed by atoms with Crippen LogP contribution in [-0.2, 0) is 6.54 Å². The standard InChI is InChI=1S/C16H16BrFN2/c17-12-5-6-16(14(18)9-12)20-15-7-8-19-10-11-3-1-2-4-13(11)15/h1-6,9,15,19-20H,7-8,10H2. The van der Waals surface area contributed by atoms with E-state index < -0.39 is 0 Å². The minimum atomic E-state index is -0.228. The van der Waals surface area contributed by atoms with Crippen molar-refractivity contribution in [1.82, 2.24) is 5.32 Å². The molecule has 1 atom stereocenters. The van der Waals surface area contributed by atoms with Crippen LogP contribution in [0.5, 0.6) is 0 Å². The first-order chi connectivity index (χ1) is 9.74. The lowest BCUT2D eigenvalue weighted by atomic mass is 9.99. The van der Waals surface area contributed by atoms with Gasteiger partial charge in [0.15, 0.2) is 0 Å². The monoisotopic (exact) mass is 334 g/mol. The van der Waals surface area contributed by atoms with Gasteiger partial charge in [-0.2, -0.15) is 0 Å². The number of benzene rings is 2. The molecular formula is C16H16BrFN2. The van der Waals surface area contributed by atoms with Crippen molar-refractivity contribution in [3.8, 4) is 0 Å². The maximum absolute atomic E-state index is 14.0. The summed E-state index contributed by atoms with van der Waals surface area (Å²) < 4.78 is 14.7. The minimum absolute atomic E-state index is 0.136. The molecule has 0 amide bonds. The summed E-state index contributed by atoms with van der Waals surface area (Å²) in [6.07, 6.45) is 0.937. The third-order valence-electron chi connectivity index (χ3n) is 3.62. The highest BCUT2D eigenvalue weighted by molar-refractivity contribution is 9.10. The van der Waals surface area contributed by atoms with Crippen molar-refractivity contribution in [2.45, 2.75) is 19.0 Å². The fourth-order valence-electron chi connectivity index (χ4n) is 2.60. The van der Waals surface area contributed by atoms with Crippen molar-refractivity contribution < 1.29 is 4.39 Å². The van der Waals surface area contributed by atoms with E-state index >= 15 is 0 Å². The number of hydrogen-bond acceptors (Lipinski definition) is 2. The molecule has 1 heterocycles. The highest BCUT2D eigenvalue weighted by Crippen LogP contribution is 2.29. The van der Waals surface area contributed by atoms with E-state index in [1.807, 2.05) is 18.2 Å². The van der Waals surface area contributed by atoms with Gasteiger partial charge in [-0.3, -0.25) is 0 Å². The Morgan fingerprint density at radius 3 is 2.90 bits per heavy atom. The molecule has 20 heavy (non-hydrogen) atoms. The molecule has 0 saturated heterocycles. The van der Waals surface area contributed by atoms with Crippen LogP contribution in [0.2, 0.25) is 0 Å². The quantitative estimate of drug-likeness (QED) is 0.858. The predicted octanol–water partition coefficient (Wildman–Crippen LogP) is 4.23. The third kappa shape index (κ3) is 2.86. The molecule has 1 aliphatic heterocycles. The fraction of sp³-hybridized carbons (Fsp3) is 0.250. The van der Waals surface area contributed by atoms with Crippen molar-refractivity contribution in [1.29, 1.82) is 0 Å². The van der Waals surface area contributed by atoms with Gasteiger partial charge >= 0.3 is 0 Å². The van der Waals surface area contributed by atoms with E-state index in [2.05, 4.69) is 38.7 Å². The van der Waals surface area contributed by atoms with Crippen molar-refractivity contribution >= 4 is 21.6 Å². The number of fused-ring (bicyclic) bond motifs is 1. The second kappa shape index (κ2) is 5.94. The Morgan fingerprint density at radius 1 is 1.20 bits per heavy atom. The van der Waals surface area contributed by atoms with Crippen LogP contribution < -0.4 is 10.6 Å². The lowest BCUT2D eigenvalue weighted by Gasteiger charge is -2.20. The Hall–Kier alpha value is -1.39. The van der Waals surface area contributed by atoms with Crippen LogP contribution in [0.1, 0.15) is 23.6 Å². The van der Waals surface area contributed by atoms with Crippen molar-refractivity contribution in [3.63, 3.8) is 0 Å². The van der Waals surface area contributed by atoms with Crippen molar-refractivity contribution in [3.05, 3.63) is 63.9 Å². The van der Waals surface area contributed by atoms with Gasteiger partial charge in [-0.15, -0.1) is 0 Å². The van der Waals surface area contributed by atoms with Gasteiger partial charge in [0.05, 0.1) is 11.7 Å².